The lowest BCUT2D eigenvalue weighted by molar-refractivity contribution is -0.118. The minimum Gasteiger partial charge on any atom is -0.484 e. The Balaban J connectivity index is 1.62. The van der Waals surface area contributed by atoms with Gasteiger partial charge in [-0.2, -0.15) is 0 Å². The monoisotopic (exact) mass is 313 g/mol. The first kappa shape index (κ1) is 15.0. The lowest BCUT2D eigenvalue weighted by atomic mass is 10.1. The van der Waals surface area contributed by atoms with E-state index in [9.17, 15) is 13.6 Å². The molecule has 0 spiro atoms. The fraction of sp³-hybridized carbons (Fsp3) is 0.0556. The zero-order valence-electron chi connectivity index (χ0n) is 12.1. The van der Waals surface area contributed by atoms with Crippen LogP contribution in [0.1, 0.15) is 0 Å². The summed E-state index contributed by atoms with van der Waals surface area (Å²) in [5, 5.41) is 4.53. The molecule has 23 heavy (non-hydrogen) atoms. The molecule has 0 saturated heterocycles. The smallest absolute Gasteiger partial charge is 0.262 e. The molecule has 3 aromatic carbocycles. The molecule has 0 heterocycles. The SMILES string of the molecule is O=C(COc1ccc2ccccc2c1)Nc1ccc(F)c(F)c1. The van der Waals surface area contributed by atoms with Crippen molar-refractivity contribution in [2.75, 3.05) is 11.9 Å². The molecule has 3 nitrogen and oxygen atoms in total. The summed E-state index contributed by atoms with van der Waals surface area (Å²) in [4.78, 5) is 11.8. The summed E-state index contributed by atoms with van der Waals surface area (Å²) in [6.07, 6.45) is 0. The third-order valence-electron chi connectivity index (χ3n) is 3.29. The van der Waals surface area contributed by atoms with E-state index < -0.39 is 17.5 Å². The van der Waals surface area contributed by atoms with Gasteiger partial charge in [-0.05, 0) is 35.0 Å². The minimum absolute atomic E-state index is 0.177. The van der Waals surface area contributed by atoms with E-state index in [1.54, 1.807) is 6.07 Å². The molecule has 5 heteroatoms. The van der Waals surface area contributed by atoms with Crippen molar-refractivity contribution in [2.45, 2.75) is 0 Å². The van der Waals surface area contributed by atoms with Crippen molar-refractivity contribution in [3.63, 3.8) is 0 Å². The molecule has 0 bridgehead atoms. The van der Waals surface area contributed by atoms with Gasteiger partial charge in [0, 0.05) is 11.8 Å². The van der Waals surface area contributed by atoms with E-state index in [2.05, 4.69) is 5.32 Å². The van der Waals surface area contributed by atoms with Crippen molar-refractivity contribution in [3.8, 4) is 5.75 Å². The first-order valence-corrected chi connectivity index (χ1v) is 6.98. The van der Waals surface area contributed by atoms with Crippen LogP contribution in [0.25, 0.3) is 10.8 Å². The van der Waals surface area contributed by atoms with Crippen LogP contribution in [0, 0.1) is 11.6 Å². The number of halogens is 2. The van der Waals surface area contributed by atoms with E-state index >= 15 is 0 Å². The molecule has 3 aromatic rings. The number of hydrogen-bond donors (Lipinski definition) is 1. The van der Waals surface area contributed by atoms with Crippen LogP contribution >= 0.6 is 0 Å². The van der Waals surface area contributed by atoms with Crippen LogP contribution in [0.3, 0.4) is 0 Å². The standard InChI is InChI=1S/C18H13F2NO2/c19-16-8-6-14(10-17(16)20)21-18(22)11-23-15-7-5-12-3-1-2-4-13(12)9-15/h1-10H,11H2,(H,21,22). The van der Waals surface area contributed by atoms with Crippen molar-refractivity contribution < 1.29 is 18.3 Å². The Kier molecular flexibility index (Phi) is 4.19. The molecule has 0 unspecified atom stereocenters. The molecule has 3 rings (SSSR count). The van der Waals surface area contributed by atoms with Crippen LogP contribution < -0.4 is 10.1 Å². The predicted molar refractivity (Wildman–Crippen MR) is 84.4 cm³/mol. The fourth-order valence-corrected chi connectivity index (χ4v) is 2.18. The van der Waals surface area contributed by atoms with Crippen molar-refractivity contribution in [1.82, 2.24) is 0 Å². The van der Waals surface area contributed by atoms with Crippen LogP contribution in [0.4, 0.5) is 14.5 Å². The number of fused-ring (bicyclic) bond motifs is 1. The summed E-state index contributed by atoms with van der Waals surface area (Å²) in [5.74, 6) is -1.87. The topological polar surface area (TPSA) is 38.3 Å². The van der Waals surface area contributed by atoms with E-state index in [-0.39, 0.29) is 12.3 Å². The number of nitrogens with one attached hydrogen (secondary N) is 1. The molecule has 0 aliphatic carbocycles. The molecular formula is C18H13F2NO2. The van der Waals surface area contributed by atoms with Gasteiger partial charge in [-0.25, -0.2) is 8.78 Å². The van der Waals surface area contributed by atoms with Gasteiger partial charge in [0.25, 0.3) is 5.91 Å². The zero-order chi connectivity index (χ0) is 16.2. The first-order chi connectivity index (χ1) is 11.1. The zero-order valence-corrected chi connectivity index (χ0v) is 12.1. The van der Waals surface area contributed by atoms with Gasteiger partial charge >= 0.3 is 0 Å². The number of hydrogen-bond acceptors (Lipinski definition) is 2. The maximum Gasteiger partial charge on any atom is 0.262 e. The second-order valence-corrected chi connectivity index (χ2v) is 4.97. The molecule has 0 atom stereocenters. The molecular weight excluding hydrogens is 300 g/mol. The van der Waals surface area contributed by atoms with Crippen LogP contribution in [0.2, 0.25) is 0 Å². The fourth-order valence-electron chi connectivity index (χ4n) is 2.18. The minimum atomic E-state index is -1.02. The highest BCUT2D eigenvalue weighted by Crippen LogP contribution is 2.20. The molecule has 116 valence electrons. The number of rotatable bonds is 4. The number of carbonyl (C=O) groups is 1. The van der Waals surface area contributed by atoms with Crippen molar-refractivity contribution in [2.24, 2.45) is 0 Å². The van der Waals surface area contributed by atoms with Crippen LogP contribution in [0.5, 0.6) is 5.75 Å². The molecule has 0 aromatic heterocycles. The molecule has 1 amide bonds. The highest BCUT2D eigenvalue weighted by atomic mass is 19.2. The summed E-state index contributed by atoms with van der Waals surface area (Å²) in [6.45, 7) is -0.225. The van der Waals surface area contributed by atoms with E-state index in [0.717, 1.165) is 22.9 Å². The van der Waals surface area contributed by atoms with E-state index in [1.807, 2.05) is 36.4 Å². The molecule has 0 fully saturated rings. The van der Waals surface area contributed by atoms with Gasteiger partial charge < -0.3 is 10.1 Å². The Hall–Kier alpha value is -2.95. The number of benzene rings is 3. The average molecular weight is 313 g/mol. The maximum atomic E-state index is 13.1. The summed E-state index contributed by atoms with van der Waals surface area (Å²) in [7, 11) is 0. The number of anilines is 1. The van der Waals surface area contributed by atoms with Gasteiger partial charge in [-0.15, -0.1) is 0 Å². The summed E-state index contributed by atoms with van der Waals surface area (Å²) < 4.78 is 31.3. The quantitative estimate of drug-likeness (QED) is 0.786. The predicted octanol–water partition coefficient (Wildman–Crippen LogP) is 4.14. The maximum absolute atomic E-state index is 13.1. The van der Waals surface area contributed by atoms with Gasteiger partial charge in [0.2, 0.25) is 0 Å². The van der Waals surface area contributed by atoms with Crippen LogP contribution in [0.15, 0.2) is 60.7 Å². The molecule has 0 saturated carbocycles. The summed E-state index contributed by atoms with van der Waals surface area (Å²) in [6, 6.07) is 16.5. The Morgan fingerprint density at radius 1 is 0.913 bits per heavy atom. The largest absolute Gasteiger partial charge is 0.484 e. The highest BCUT2D eigenvalue weighted by molar-refractivity contribution is 5.92. The Bertz CT molecular complexity index is 865. The number of ether oxygens (including phenoxy) is 1. The van der Waals surface area contributed by atoms with Crippen molar-refractivity contribution in [1.29, 1.82) is 0 Å². The Morgan fingerprint density at radius 3 is 2.48 bits per heavy atom. The van der Waals surface area contributed by atoms with Crippen LogP contribution in [-0.4, -0.2) is 12.5 Å². The van der Waals surface area contributed by atoms with E-state index in [4.69, 9.17) is 4.74 Å². The average Bonchev–Trinajstić information content (AvgIpc) is 2.56. The Labute approximate surface area is 131 Å². The van der Waals surface area contributed by atoms with Gasteiger partial charge in [0.15, 0.2) is 18.2 Å². The summed E-state index contributed by atoms with van der Waals surface area (Å²) in [5.41, 5.74) is 0.177. The third kappa shape index (κ3) is 3.63. The first-order valence-electron chi connectivity index (χ1n) is 6.98. The second kappa shape index (κ2) is 6.44. The molecule has 0 aliphatic rings. The van der Waals surface area contributed by atoms with Crippen molar-refractivity contribution in [3.05, 3.63) is 72.3 Å². The number of amides is 1. The highest BCUT2D eigenvalue weighted by Gasteiger charge is 2.07. The molecule has 1 N–H and O–H groups in total. The molecule has 0 aliphatic heterocycles. The van der Waals surface area contributed by atoms with Gasteiger partial charge in [0.05, 0.1) is 0 Å². The van der Waals surface area contributed by atoms with Gasteiger partial charge in [0.1, 0.15) is 5.75 Å². The van der Waals surface area contributed by atoms with Gasteiger partial charge in [-0.1, -0.05) is 30.3 Å². The lowest BCUT2D eigenvalue weighted by Crippen LogP contribution is -2.20. The number of carbonyl (C=O) groups excluding carboxylic acids is 1. The van der Waals surface area contributed by atoms with Crippen molar-refractivity contribution >= 4 is 22.4 Å². The van der Waals surface area contributed by atoms with E-state index in [0.29, 0.717) is 5.75 Å². The summed E-state index contributed by atoms with van der Waals surface area (Å²) >= 11 is 0. The molecule has 0 radical (unpaired) electrons. The van der Waals surface area contributed by atoms with Crippen LogP contribution in [-0.2, 0) is 4.79 Å². The Morgan fingerprint density at radius 2 is 1.70 bits per heavy atom. The normalized spacial score (nSPS) is 10.5. The van der Waals surface area contributed by atoms with E-state index in [1.165, 1.54) is 6.07 Å². The second-order valence-electron chi connectivity index (χ2n) is 4.97. The van der Waals surface area contributed by atoms with Gasteiger partial charge in [-0.3, -0.25) is 4.79 Å². The third-order valence-corrected chi connectivity index (χ3v) is 3.29. The lowest BCUT2D eigenvalue weighted by Gasteiger charge is -2.08.